The summed E-state index contributed by atoms with van der Waals surface area (Å²) in [4.78, 5) is 14.3. The number of carbonyl (C=O) groups excluding carboxylic acids is 1. The van der Waals surface area contributed by atoms with E-state index in [-0.39, 0.29) is 6.03 Å². The maximum Gasteiger partial charge on any atom is 0.322 e. The Bertz CT molecular complexity index is 475. The van der Waals surface area contributed by atoms with Crippen molar-refractivity contribution in [3.63, 3.8) is 0 Å². The molecule has 2 atom stereocenters. The van der Waals surface area contributed by atoms with Gasteiger partial charge in [-0.2, -0.15) is 0 Å². The van der Waals surface area contributed by atoms with E-state index in [0.717, 1.165) is 31.6 Å². The van der Waals surface area contributed by atoms with Crippen LogP contribution in [0, 0.1) is 0 Å². The van der Waals surface area contributed by atoms with Gasteiger partial charge in [0.2, 0.25) is 0 Å². The molecule has 21 heavy (non-hydrogen) atoms. The highest BCUT2D eigenvalue weighted by Crippen LogP contribution is 2.20. The third kappa shape index (κ3) is 4.21. The third-order valence-electron chi connectivity index (χ3n) is 4.21. The van der Waals surface area contributed by atoms with Crippen LogP contribution in [0.15, 0.2) is 24.3 Å². The van der Waals surface area contributed by atoms with E-state index in [9.17, 15) is 4.79 Å². The number of anilines is 1. The van der Waals surface area contributed by atoms with Crippen LogP contribution in [0.5, 0.6) is 0 Å². The monoisotopic (exact) mass is 289 g/mol. The van der Waals surface area contributed by atoms with Crippen molar-refractivity contribution in [2.45, 2.75) is 52.1 Å². The number of nitrogens with zero attached hydrogens (tertiary/aromatic N) is 1. The van der Waals surface area contributed by atoms with Crippen molar-refractivity contribution in [3.05, 3.63) is 29.8 Å². The molecule has 0 aromatic heterocycles. The van der Waals surface area contributed by atoms with Crippen LogP contribution in [0.4, 0.5) is 10.5 Å². The largest absolute Gasteiger partial charge is 0.322 e. The Morgan fingerprint density at radius 2 is 2.24 bits per heavy atom. The molecule has 0 saturated carbocycles. The first-order chi connectivity index (χ1) is 10.1. The van der Waals surface area contributed by atoms with Crippen molar-refractivity contribution in [3.8, 4) is 0 Å². The number of urea groups is 1. The summed E-state index contributed by atoms with van der Waals surface area (Å²) in [5.74, 6) is 0. The number of hydrogen-bond acceptors (Lipinski definition) is 2. The molecule has 1 aromatic rings. The Labute approximate surface area is 127 Å². The molecule has 0 aliphatic carbocycles. The van der Waals surface area contributed by atoms with E-state index in [2.05, 4.69) is 43.5 Å². The fourth-order valence-corrected chi connectivity index (χ4v) is 2.90. The number of nitrogens with one attached hydrogen (secondary N) is 2. The molecule has 1 saturated heterocycles. The Kier molecular flexibility index (Phi) is 5.62. The van der Waals surface area contributed by atoms with E-state index >= 15 is 0 Å². The molecule has 1 heterocycles. The Balaban J connectivity index is 2.02. The Morgan fingerprint density at radius 1 is 1.43 bits per heavy atom. The first-order valence-electron chi connectivity index (χ1n) is 8.02. The van der Waals surface area contributed by atoms with Crippen LogP contribution >= 0.6 is 0 Å². The molecule has 1 aliphatic rings. The molecule has 1 fully saturated rings. The van der Waals surface area contributed by atoms with Crippen molar-refractivity contribution in [1.29, 1.82) is 0 Å². The molecule has 116 valence electrons. The van der Waals surface area contributed by atoms with Crippen molar-refractivity contribution >= 4 is 11.7 Å². The average Bonchev–Trinajstić information content (AvgIpc) is 2.48. The molecule has 0 radical (unpaired) electrons. The SMILES string of the molecule is CCNC(C)c1cccc(NC(=O)N2CCCCC2C)c1. The smallest absolute Gasteiger partial charge is 0.322 e. The standard InChI is InChI=1S/C17H27N3O/c1-4-18-14(3)15-9-7-10-16(12-15)19-17(21)20-11-6-5-8-13(20)2/h7,9-10,12-14,18H,4-6,8,11H2,1-3H3,(H,19,21). The number of amides is 2. The first-order valence-corrected chi connectivity index (χ1v) is 8.02. The number of carbonyl (C=O) groups is 1. The first kappa shape index (κ1) is 15.8. The maximum atomic E-state index is 12.4. The van der Waals surface area contributed by atoms with Gasteiger partial charge in [0.15, 0.2) is 0 Å². The van der Waals surface area contributed by atoms with E-state index in [1.807, 2.05) is 17.0 Å². The van der Waals surface area contributed by atoms with Gasteiger partial charge in [-0.15, -0.1) is 0 Å². The minimum atomic E-state index is 0.0236. The molecule has 0 spiro atoms. The van der Waals surface area contributed by atoms with Gasteiger partial charge < -0.3 is 15.5 Å². The van der Waals surface area contributed by atoms with E-state index in [1.165, 1.54) is 12.0 Å². The molecule has 4 nitrogen and oxygen atoms in total. The van der Waals surface area contributed by atoms with Gasteiger partial charge in [0, 0.05) is 24.3 Å². The summed E-state index contributed by atoms with van der Waals surface area (Å²) in [6.45, 7) is 8.16. The van der Waals surface area contributed by atoms with Gasteiger partial charge in [-0.1, -0.05) is 19.1 Å². The molecular formula is C17H27N3O. The zero-order valence-corrected chi connectivity index (χ0v) is 13.4. The van der Waals surface area contributed by atoms with E-state index in [4.69, 9.17) is 0 Å². The van der Waals surface area contributed by atoms with Crippen LogP contribution in [0.2, 0.25) is 0 Å². The summed E-state index contributed by atoms with van der Waals surface area (Å²) in [6.07, 6.45) is 3.43. The van der Waals surface area contributed by atoms with E-state index in [0.29, 0.717) is 12.1 Å². The second kappa shape index (κ2) is 7.46. The molecule has 2 unspecified atom stereocenters. The van der Waals surface area contributed by atoms with Crippen molar-refractivity contribution < 1.29 is 4.79 Å². The number of likely N-dealkylation sites (tertiary alicyclic amines) is 1. The highest BCUT2D eigenvalue weighted by molar-refractivity contribution is 5.89. The van der Waals surface area contributed by atoms with Gasteiger partial charge >= 0.3 is 6.03 Å². The fourth-order valence-electron chi connectivity index (χ4n) is 2.90. The van der Waals surface area contributed by atoms with Crippen LogP contribution in [-0.4, -0.2) is 30.1 Å². The van der Waals surface area contributed by atoms with Crippen molar-refractivity contribution in [2.75, 3.05) is 18.4 Å². The van der Waals surface area contributed by atoms with Crippen LogP contribution in [0.25, 0.3) is 0 Å². The van der Waals surface area contributed by atoms with Gasteiger partial charge in [0.1, 0.15) is 0 Å². The number of benzene rings is 1. The zero-order valence-electron chi connectivity index (χ0n) is 13.4. The predicted molar refractivity (Wildman–Crippen MR) is 87.6 cm³/mol. The van der Waals surface area contributed by atoms with Gasteiger partial charge in [-0.05, 0) is 57.4 Å². The number of rotatable bonds is 4. The summed E-state index contributed by atoms with van der Waals surface area (Å²) in [5.41, 5.74) is 2.07. The quantitative estimate of drug-likeness (QED) is 0.886. The lowest BCUT2D eigenvalue weighted by molar-refractivity contribution is 0.170. The summed E-state index contributed by atoms with van der Waals surface area (Å²) in [7, 11) is 0. The number of hydrogen-bond donors (Lipinski definition) is 2. The summed E-state index contributed by atoms with van der Waals surface area (Å²) >= 11 is 0. The summed E-state index contributed by atoms with van der Waals surface area (Å²) in [5, 5.41) is 6.43. The van der Waals surface area contributed by atoms with Crippen LogP contribution < -0.4 is 10.6 Å². The highest BCUT2D eigenvalue weighted by Gasteiger charge is 2.23. The molecule has 2 N–H and O–H groups in total. The normalized spacial score (nSPS) is 20.1. The third-order valence-corrected chi connectivity index (χ3v) is 4.21. The van der Waals surface area contributed by atoms with Gasteiger partial charge in [0.25, 0.3) is 0 Å². The van der Waals surface area contributed by atoms with Crippen LogP contribution in [0.1, 0.15) is 51.6 Å². The van der Waals surface area contributed by atoms with Crippen LogP contribution in [-0.2, 0) is 0 Å². The van der Waals surface area contributed by atoms with Crippen molar-refractivity contribution in [2.24, 2.45) is 0 Å². The molecule has 1 aromatic carbocycles. The lowest BCUT2D eigenvalue weighted by atomic mass is 10.0. The number of piperidine rings is 1. The second-order valence-corrected chi connectivity index (χ2v) is 5.87. The maximum absolute atomic E-state index is 12.4. The molecule has 2 amide bonds. The molecule has 2 rings (SSSR count). The highest BCUT2D eigenvalue weighted by atomic mass is 16.2. The van der Waals surface area contributed by atoms with E-state index < -0.39 is 0 Å². The van der Waals surface area contributed by atoms with Crippen molar-refractivity contribution in [1.82, 2.24) is 10.2 Å². The Morgan fingerprint density at radius 3 is 2.95 bits per heavy atom. The minimum Gasteiger partial charge on any atom is -0.322 e. The molecule has 1 aliphatic heterocycles. The Hall–Kier alpha value is -1.55. The molecule has 4 heteroatoms. The van der Waals surface area contributed by atoms with Crippen LogP contribution in [0.3, 0.4) is 0 Å². The fraction of sp³-hybridized carbons (Fsp3) is 0.588. The van der Waals surface area contributed by atoms with Gasteiger partial charge in [-0.3, -0.25) is 0 Å². The summed E-state index contributed by atoms with van der Waals surface area (Å²) < 4.78 is 0. The van der Waals surface area contributed by atoms with E-state index in [1.54, 1.807) is 0 Å². The minimum absolute atomic E-state index is 0.0236. The lowest BCUT2D eigenvalue weighted by Gasteiger charge is -2.33. The lowest BCUT2D eigenvalue weighted by Crippen LogP contribution is -2.44. The van der Waals surface area contributed by atoms with Gasteiger partial charge in [-0.25, -0.2) is 4.79 Å². The predicted octanol–water partition coefficient (Wildman–Crippen LogP) is 3.76. The molecular weight excluding hydrogens is 262 g/mol. The average molecular weight is 289 g/mol. The topological polar surface area (TPSA) is 44.4 Å². The second-order valence-electron chi connectivity index (χ2n) is 5.87. The summed E-state index contributed by atoms with van der Waals surface area (Å²) in [6, 6.07) is 8.75. The zero-order chi connectivity index (χ0) is 15.2. The molecule has 0 bridgehead atoms. The van der Waals surface area contributed by atoms with Gasteiger partial charge in [0.05, 0.1) is 0 Å².